The number of nitrogens with one attached hydrogen (secondary N) is 1. The average molecular weight is 579 g/mol. The van der Waals surface area contributed by atoms with Crippen LogP contribution in [0.4, 0.5) is 5.69 Å². The van der Waals surface area contributed by atoms with Crippen molar-refractivity contribution in [2.24, 2.45) is 0 Å². The summed E-state index contributed by atoms with van der Waals surface area (Å²) in [6.07, 6.45) is 1.47. The van der Waals surface area contributed by atoms with Gasteiger partial charge in [0.15, 0.2) is 5.11 Å². The lowest BCUT2D eigenvalue weighted by atomic mass is 10.1. The number of carbonyl (C=O) groups is 2. The number of hydrogen-bond acceptors (Lipinski definition) is 4. The van der Waals surface area contributed by atoms with E-state index in [0.29, 0.717) is 26.9 Å². The maximum absolute atomic E-state index is 13.1. The molecule has 1 fully saturated rings. The number of thiocarbonyl (C=S) groups is 1. The van der Waals surface area contributed by atoms with Gasteiger partial charge in [0.25, 0.3) is 11.8 Å². The first-order valence-corrected chi connectivity index (χ1v) is 11.0. The second-order valence-corrected chi connectivity index (χ2v) is 8.66. The molecule has 0 unspecified atom stereocenters. The number of nitrogens with zero attached hydrogens (tertiary/aromatic N) is 1. The van der Waals surface area contributed by atoms with Crippen LogP contribution in [0.25, 0.3) is 6.08 Å². The van der Waals surface area contributed by atoms with Crippen LogP contribution in [0.1, 0.15) is 12.5 Å². The Morgan fingerprint density at radius 3 is 2.48 bits per heavy atom. The van der Waals surface area contributed by atoms with E-state index < -0.39 is 11.8 Å². The van der Waals surface area contributed by atoms with Crippen LogP contribution in [0.15, 0.2) is 44.9 Å². The molecule has 0 atom stereocenters. The largest absolute Gasteiger partial charge is 0.492 e. The zero-order chi connectivity index (χ0) is 21.3. The van der Waals surface area contributed by atoms with Gasteiger partial charge in [0, 0.05) is 0 Å². The van der Waals surface area contributed by atoms with E-state index in [2.05, 4.69) is 37.2 Å². The smallest absolute Gasteiger partial charge is 0.270 e. The number of hydrogen-bond donors (Lipinski definition) is 1. The first kappa shape index (κ1) is 22.2. The zero-order valence-corrected chi connectivity index (χ0v) is 20.3. The van der Waals surface area contributed by atoms with Crippen LogP contribution in [0.2, 0.25) is 10.0 Å². The van der Waals surface area contributed by atoms with Gasteiger partial charge in [0.1, 0.15) is 11.3 Å². The monoisotopic (exact) mass is 576 g/mol. The Hall–Kier alpha value is -1.45. The van der Waals surface area contributed by atoms with Gasteiger partial charge in [-0.05, 0) is 86.9 Å². The minimum atomic E-state index is -0.607. The lowest BCUT2D eigenvalue weighted by Crippen LogP contribution is -2.54. The Morgan fingerprint density at radius 2 is 1.86 bits per heavy atom. The fourth-order valence-electron chi connectivity index (χ4n) is 2.65. The van der Waals surface area contributed by atoms with Crippen LogP contribution < -0.4 is 15.0 Å². The molecule has 0 aromatic heterocycles. The van der Waals surface area contributed by atoms with E-state index in [4.69, 9.17) is 40.2 Å². The Morgan fingerprint density at radius 1 is 1.21 bits per heavy atom. The molecule has 0 spiro atoms. The molecule has 10 heteroatoms. The number of ether oxygens (including phenoxy) is 1. The van der Waals surface area contributed by atoms with Crippen molar-refractivity contribution in [2.75, 3.05) is 11.5 Å². The summed E-state index contributed by atoms with van der Waals surface area (Å²) in [7, 11) is 0. The molecule has 3 rings (SSSR count). The summed E-state index contributed by atoms with van der Waals surface area (Å²) in [4.78, 5) is 26.7. The topological polar surface area (TPSA) is 58.6 Å². The Balaban J connectivity index is 2.05. The molecule has 1 saturated heterocycles. The normalized spacial score (nSPS) is 15.7. The highest BCUT2D eigenvalue weighted by Crippen LogP contribution is 2.37. The molecular weight excluding hydrogens is 567 g/mol. The summed E-state index contributed by atoms with van der Waals surface area (Å²) >= 11 is 24.4. The van der Waals surface area contributed by atoms with Crippen molar-refractivity contribution in [1.82, 2.24) is 5.32 Å². The number of carbonyl (C=O) groups excluding carboxylic acids is 2. The van der Waals surface area contributed by atoms with Gasteiger partial charge >= 0.3 is 0 Å². The van der Waals surface area contributed by atoms with E-state index in [-0.39, 0.29) is 26.4 Å². The van der Waals surface area contributed by atoms with Gasteiger partial charge in [-0.2, -0.15) is 0 Å². The van der Waals surface area contributed by atoms with Crippen LogP contribution in [-0.4, -0.2) is 23.5 Å². The lowest BCUT2D eigenvalue weighted by molar-refractivity contribution is -0.122. The van der Waals surface area contributed by atoms with Crippen LogP contribution in [0.5, 0.6) is 5.75 Å². The Bertz CT molecular complexity index is 1050. The van der Waals surface area contributed by atoms with Crippen LogP contribution in [0.3, 0.4) is 0 Å². The molecule has 150 valence electrons. The minimum absolute atomic E-state index is 0.0737. The average Bonchev–Trinajstić information content (AvgIpc) is 2.65. The fourth-order valence-corrected chi connectivity index (χ4v) is 4.76. The van der Waals surface area contributed by atoms with Crippen LogP contribution >= 0.6 is 67.3 Å². The molecule has 0 radical (unpaired) electrons. The third kappa shape index (κ3) is 4.51. The summed E-state index contributed by atoms with van der Waals surface area (Å²) in [5.74, 6) is -0.581. The molecular formula is C19H12Br2Cl2N2O3S. The maximum Gasteiger partial charge on any atom is 0.270 e. The summed E-state index contributed by atoms with van der Waals surface area (Å²) in [6, 6.07) is 8.31. The minimum Gasteiger partial charge on any atom is -0.492 e. The van der Waals surface area contributed by atoms with E-state index in [0.717, 1.165) is 4.90 Å². The second-order valence-electron chi connectivity index (χ2n) is 5.78. The van der Waals surface area contributed by atoms with E-state index >= 15 is 0 Å². The molecule has 1 heterocycles. The molecule has 1 aliphatic rings. The molecule has 2 aromatic rings. The lowest BCUT2D eigenvalue weighted by Gasteiger charge is -2.29. The molecule has 29 heavy (non-hydrogen) atoms. The summed E-state index contributed by atoms with van der Waals surface area (Å²) in [5, 5.41) is 2.87. The SMILES string of the molecule is CCOc1c(Br)cc(/C=C2\C(=O)NC(=S)N(c3cccc(Cl)c3Cl)C2=O)cc1Br. The predicted octanol–water partition coefficient (Wildman–Crippen LogP) is 5.75. The highest BCUT2D eigenvalue weighted by Gasteiger charge is 2.35. The molecule has 5 nitrogen and oxygen atoms in total. The Kier molecular flexibility index (Phi) is 7.01. The van der Waals surface area contributed by atoms with Crippen molar-refractivity contribution in [2.45, 2.75) is 6.92 Å². The van der Waals surface area contributed by atoms with Gasteiger partial charge in [-0.1, -0.05) is 29.3 Å². The maximum atomic E-state index is 13.1. The molecule has 2 amide bonds. The highest BCUT2D eigenvalue weighted by molar-refractivity contribution is 9.11. The highest BCUT2D eigenvalue weighted by atomic mass is 79.9. The van der Waals surface area contributed by atoms with Crippen molar-refractivity contribution in [3.05, 3.63) is 60.5 Å². The molecule has 0 aliphatic carbocycles. The zero-order valence-electron chi connectivity index (χ0n) is 14.8. The van der Waals surface area contributed by atoms with Crippen molar-refractivity contribution in [3.8, 4) is 5.75 Å². The van der Waals surface area contributed by atoms with E-state index in [1.165, 1.54) is 6.08 Å². The third-order valence-corrected chi connectivity index (χ3v) is 6.17. The number of amides is 2. The summed E-state index contributed by atoms with van der Waals surface area (Å²) in [6.45, 7) is 2.36. The van der Waals surface area contributed by atoms with Crippen LogP contribution in [0, 0.1) is 0 Å². The molecule has 1 aliphatic heterocycles. The number of anilines is 1. The quantitative estimate of drug-likeness (QED) is 0.285. The first-order chi connectivity index (χ1) is 13.7. The van der Waals surface area contributed by atoms with Gasteiger partial charge in [-0.15, -0.1) is 0 Å². The van der Waals surface area contributed by atoms with Gasteiger partial charge in [-0.25, -0.2) is 0 Å². The molecule has 0 bridgehead atoms. The summed E-state index contributed by atoms with van der Waals surface area (Å²) in [5.41, 5.74) is 0.794. The number of halogens is 4. The van der Waals surface area contributed by atoms with Crippen molar-refractivity contribution in [3.63, 3.8) is 0 Å². The van der Waals surface area contributed by atoms with Gasteiger partial charge < -0.3 is 4.74 Å². The standard InChI is InChI=1S/C19H12Br2Cl2N2O3S/c1-2-28-16-11(20)7-9(8-12(16)21)6-10-17(26)24-19(29)25(18(10)27)14-5-3-4-13(22)15(14)23/h3-8H,2H2,1H3,(H,24,26,29)/b10-6+. The van der Waals surface area contributed by atoms with Gasteiger partial charge in [-0.3, -0.25) is 19.8 Å². The fraction of sp³-hybridized carbons (Fsp3) is 0.105. The first-order valence-electron chi connectivity index (χ1n) is 8.22. The molecule has 1 N–H and O–H groups in total. The number of benzene rings is 2. The number of rotatable bonds is 4. The summed E-state index contributed by atoms with van der Waals surface area (Å²) < 4.78 is 6.91. The second kappa shape index (κ2) is 9.14. The predicted molar refractivity (Wildman–Crippen MR) is 126 cm³/mol. The van der Waals surface area contributed by atoms with Gasteiger partial charge in [0.2, 0.25) is 0 Å². The van der Waals surface area contributed by atoms with E-state index in [9.17, 15) is 9.59 Å². The molecule has 0 saturated carbocycles. The van der Waals surface area contributed by atoms with E-state index in [1.807, 2.05) is 6.92 Å². The Labute approximate surface area is 199 Å². The van der Waals surface area contributed by atoms with Crippen molar-refractivity contribution < 1.29 is 14.3 Å². The van der Waals surface area contributed by atoms with Crippen molar-refractivity contribution >= 4 is 96.0 Å². The molecule has 2 aromatic carbocycles. The van der Waals surface area contributed by atoms with Crippen molar-refractivity contribution in [1.29, 1.82) is 0 Å². The van der Waals surface area contributed by atoms with E-state index in [1.54, 1.807) is 30.3 Å². The third-order valence-electron chi connectivity index (χ3n) is 3.89. The van der Waals surface area contributed by atoms with Gasteiger partial charge in [0.05, 0.1) is 31.3 Å². The van der Waals surface area contributed by atoms with Crippen LogP contribution in [-0.2, 0) is 9.59 Å².